The van der Waals surface area contributed by atoms with Crippen LogP contribution in [0.25, 0.3) is 0 Å². The maximum Gasteiger partial charge on any atom is 0.265 e. The van der Waals surface area contributed by atoms with Gasteiger partial charge in [0.25, 0.3) is 5.91 Å². The first-order valence-electron chi connectivity index (χ1n) is 5.32. The first-order valence-corrected chi connectivity index (χ1v) is 6.14. The molecule has 4 nitrogen and oxygen atoms in total. The van der Waals surface area contributed by atoms with E-state index in [1.54, 1.807) is 7.11 Å². The minimum absolute atomic E-state index is 0.0622. The van der Waals surface area contributed by atoms with Gasteiger partial charge in [-0.25, -0.2) is 0 Å². The van der Waals surface area contributed by atoms with Gasteiger partial charge < -0.3 is 15.4 Å². The number of carbonyl (C=O) groups excluding carboxylic acids is 1. The van der Waals surface area contributed by atoms with Crippen molar-refractivity contribution >= 4 is 17.2 Å². The Kier molecular flexibility index (Phi) is 5.28. The summed E-state index contributed by atoms with van der Waals surface area (Å²) in [6.45, 7) is 6.33. The van der Waals surface area contributed by atoms with Crippen LogP contribution in [0, 0.1) is 6.92 Å². The lowest BCUT2D eigenvalue weighted by Gasteiger charge is -2.05. The van der Waals surface area contributed by atoms with Crippen molar-refractivity contribution in [3.05, 3.63) is 15.8 Å². The van der Waals surface area contributed by atoms with Gasteiger partial charge in [-0.1, -0.05) is 6.92 Å². The summed E-state index contributed by atoms with van der Waals surface area (Å²) < 4.78 is 5.15. The van der Waals surface area contributed by atoms with E-state index < -0.39 is 0 Å². The summed E-state index contributed by atoms with van der Waals surface area (Å²) in [6, 6.07) is 1.88. The zero-order valence-corrected chi connectivity index (χ0v) is 10.7. The number of hydrogen-bond acceptors (Lipinski definition) is 4. The van der Waals surface area contributed by atoms with E-state index in [0.29, 0.717) is 17.2 Å². The van der Waals surface area contributed by atoms with Gasteiger partial charge in [-0.2, -0.15) is 0 Å². The van der Waals surface area contributed by atoms with Gasteiger partial charge >= 0.3 is 0 Å². The Balaban J connectivity index is 2.51. The molecule has 0 aliphatic heterocycles. The molecule has 0 aliphatic carbocycles. The van der Waals surface area contributed by atoms with Gasteiger partial charge in [0, 0.05) is 18.0 Å². The Morgan fingerprint density at radius 1 is 1.50 bits per heavy atom. The zero-order chi connectivity index (χ0) is 12.0. The summed E-state index contributed by atoms with van der Waals surface area (Å²) in [5.41, 5.74) is 0. The number of rotatable bonds is 6. The molecule has 0 spiro atoms. The van der Waals surface area contributed by atoms with Crippen LogP contribution in [0.1, 0.15) is 21.5 Å². The van der Waals surface area contributed by atoms with Crippen molar-refractivity contribution in [3.8, 4) is 5.75 Å². The first kappa shape index (κ1) is 13.0. The molecule has 0 fully saturated rings. The molecule has 90 valence electrons. The van der Waals surface area contributed by atoms with Crippen molar-refractivity contribution in [2.45, 2.75) is 13.8 Å². The molecule has 1 heterocycles. The van der Waals surface area contributed by atoms with E-state index in [1.807, 2.05) is 19.9 Å². The molecule has 0 saturated carbocycles. The lowest BCUT2D eigenvalue weighted by molar-refractivity contribution is 0.0955. The third kappa shape index (κ3) is 3.50. The smallest absolute Gasteiger partial charge is 0.265 e. The van der Waals surface area contributed by atoms with Crippen molar-refractivity contribution in [2.24, 2.45) is 0 Å². The summed E-state index contributed by atoms with van der Waals surface area (Å²) >= 11 is 1.45. The minimum Gasteiger partial charge on any atom is -0.495 e. The van der Waals surface area contributed by atoms with Crippen LogP contribution in [0.15, 0.2) is 6.07 Å². The molecule has 1 aromatic rings. The van der Waals surface area contributed by atoms with Crippen LogP contribution >= 0.6 is 11.3 Å². The molecule has 0 bridgehead atoms. The predicted octanol–water partition coefficient (Wildman–Crippen LogP) is 1.40. The molecule has 0 saturated heterocycles. The normalized spacial score (nSPS) is 10.2. The molecule has 5 heteroatoms. The zero-order valence-electron chi connectivity index (χ0n) is 9.92. The second-order valence-electron chi connectivity index (χ2n) is 3.36. The molecule has 0 aliphatic rings. The number of ether oxygens (including phenoxy) is 1. The second-order valence-corrected chi connectivity index (χ2v) is 4.62. The van der Waals surface area contributed by atoms with Crippen LogP contribution in [0.2, 0.25) is 0 Å². The minimum atomic E-state index is -0.0622. The highest BCUT2D eigenvalue weighted by atomic mass is 32.1. The molecule has 0 aromatic carbocycles. The molecule has 1 amide bonds. The van der Waals surface area contributed by atoms with Crippen LogP contribution in [0.5, 0.6) is 5.75 Å². The van der Waals surface area contributed by atoms with E-state index in [-0.39, 0.29) is 5.91 Å². The SMILES string of the molecule is CCNCCNC(=O)c1sc(C)cc1OC. The summed E-state index contributed by atoms with van der Waals surface area (Å²) in [4.78, 5) is 13.5. The van der Waals surface area contributed by atoms with Crippen LogP contribution in [-0.2, 0) is 0 Å². The van der Waals surface area contributed by atoms with Crippen LogP contribution in [-0.4, -0.2) is 32.7 Å². The topological polar surface area (TPSA) is 50.4 Å². The number of nitrogens with one attached hydrogen (secondary N) is 2. The van der Waals surface area contributed by atoms with Crippen molar-refractivity contribution in [3.63, 3.8) is 0 Å². The maximum atomic E-state index is 11.8. The highest BCUT2D eigenvalue weighted by Crippen LogP contribution is 2.28. The van der Waals surface area contributed by atoms with E-state index >= 15 is 0 Å². The van der Waals surface area contributed by atoms with Gasteiger partial charge in [0.2, 0.25) is 0 Å². The Hall–Kier alpha value is -1.07. The Morgan fingerprint density at radius 2 is 2.25 bits per heavy atom. The number of hydrogen-bond donors (Lipinski definition) is 2. The molecular weight excluding hydrogens is 224 g/mol. The number of amides is 1. The highest BCUT2D eigenvalue weighted by molar-refractivity contribution is 7.14. The first-order chi connectivity index (χ1) is 7.69. The van der Waals surface area contributed by atoms with Gasteiger partial charge in [0.05, 0.1) is 7.11 Å². The molecule has 1 rings (SSSR count). The fourth-order valence-corrected chi connectivity index (χ4v) is 2.22. The second kappa shape index (κ2) is 6.50. The highest BCUT2D eigenvalue weighted by Gasteiger charge is 2.14. The van der Waals surface area contributed by atoms with Crippen LogP contribution in [0.3, 0.4) is 0 Å². The van der Waals surface area contributed by atoms with E-state index in [1.165, 1.54) is 11.3 Å². The Bertz CT molecular complexity index is 350. The van der Waals surface area contributed by atoms with E-state index in [9.17, 15) is 4.79 Å². The standard InChI is InChI=1S/C11H18N2O2S/c1-4-12-5-6-13-11(14)10-9(15-3)7-8(2)16-10/h7,12H,4-6H2,1-3H3,(H,13,14). The largest absolute Gasteiger partial charge is 0.495 e. The molecule has 0 unspecified atom stereocenters. The van der Waals surface area contributed by atoms with E-state index in [0.717, 1.165) is 18.0 Å². The van der Waals surface area contributed by atoms with Gasteiger partial charge in [0.15, 0.2) is 0 Å². The summed E-state index contributed by atoms with van der Waals surface area (Å²) in [5.74, 6) is 0.594. The fraction of sp³-hybridized carbons (Fsp3) is 0.545. The predicted molar refractivity (Wildman–Crippen MR) is 66.5 cm³/mol. The summed E-state index contributed by atoms with van der Waals surface area (Å²) in [7, 11) is 1.58. The number of carbonyl (C=O) groups is 1. The number of thiophene rings is 1. The van der Waals surface area contributed by atoms with Gasteiger partial charge in [0.1, 0.15) is 10.6 Å². The Labute approximate surface area is 100 Å². The number of likely N-dealkylation sites (N-methyl/N-ethyl adjacent to an activating group) is 1. The molecule has 2 N–H and O–H groups in total. The summed E-state index contributed by atoms with van der Waals surface area (Å²) in [5, 5.41) is 6.00. The van der Waals surface area contributed by atoms with Crippen LogP contribution in [0.4, 0.5) is 0 Å². The fourth-order valence-electron chi connectivity index (χ4n) is 1.32. The van der Waals surface area contributed by atoms with Gasteiger partial charge in [-0.05, 0) is 19.5 Å². The number of methoxy groups -OCH3 is 1. The molecule has 0 radical (unpaired) electrons. The van der Waals surface area contributed by atoms with Crippen molar-refractivity contribution in [2.75, 3.05) is 26.7 Å². The lowest BCUT2D eigenvalue weighted by Crippen LogP contribution is -2.31. The third-order valence-corrected chi connectivity index (χ3v) is 3.12. The quantitative estimate of drug-likeness (QED) is 0.741. The molecular formula is C11H18N2O2S. The van der Waals surface area contributed by atoms with E-state index in [2.05, 4.69) is 10.6 Å². The Morgan fingerprint density at radius 3 is 2.88 bits per heavy atom. The van der Waals surface area contributed by atoms with Crippen molar-refractivity contribution in [1.82, 2.24) is 10.6 Å². The number of aryl methyl sites for hydroxylation is 1. The average molecular weight is 242 g/mol. The van der Waals surface area contributed by atoms with Crippen LogP contribution < -0.4 is 15.4 Å². The van der Waals surface area contributed by atoms with E-state index in [4.69, 9.17) is 4.74 Å². The molecule has 16 heavy (non-hydrogen) atoms. The average Bonchev–Trinajstić information content (AvgIpc) is 2.65. The van der Waals surface area contributed by atoms with Gasteiger partial charge in [-0.15, -0.1) is 11.3 Å². The van der Waals surface area contributed by atoms with Crippen molar-refractivity contribution in [1.29, 1.82) is 0 Å². The van der Waals surface area contributed by atoms with Crippen molar-refractivity contribution < 1.29 is 9.53 Å². The lowest BCUT2D eigenvalue weighted by atomic mass is 10.3. The molecule has 0 atom stereocenters. The molecule has 1 aromatic heterocycles. The monoisotopic (exact) mass is 242 g/mol. The maximum absolute atomic E-state index is 11.8. The summed E-state index contributed by atoms with van der Waals surface area (Å²) in [6.07, 6.45) is 0. The third-order valence-electron chi connectivity index (χ3n) is 2.08. The van der Waals surface area contributed by atoms with Gasteiger partial charge in [-0.3, -0.25) is 4.79 Å².